The summed E-state index contributed by atoms with van der Waals surface area (Å²) in [6, 6.07) is 6.66. The van der Waals surface area contributed by atoms with Crippen LogP contribution in [0.3, 0.4) is 0 Å². The molecular formula is C20H19F2N5O3S. The molecule has 0 aliphatic carbocycles. The van der Waals surface area contributed by atoms with Crippen LogP contribution in [0.5, 0.6) is 5.75 Å². The van der Waals surface area contributed by atoms with Crippen molar-refractivity contribution >= 4 is 28.1 Å². The Labute approximate surface area is 180 Å². The van der Waals surface area contributed by atoms with E-state index in [1.54, 1.807) is 10.4 Å². The first kappa shape index (κ1) is 21.1. The van der Waals surface area contributed by atoms with Crippen molar-refractivity contribution in [3.05, 3.63) is 58.9 Å². The number of rotatable bonds is 6. The molecule has 3 aromatic rings. The molecule has 1 aliphatic heterocycles. The number of carbonyl (C=O) groups excluding carboxylic acids is 1. The van der Waals surface area contributed by atoms with E-state index in [2.05, 4.69) is 20.5 Å². The van der Waals surface area contributed by atoms with E-state index in [-0.39, 0.29) is 24.8 Å². The predicted octanol–water partition coefficient (Wildman–Crippen LogP) is 3.24. The third-order valence-corrected chi connectivity index (χ3v) is 5.19. The van der Waals surface area contributed by atoms with E-state index in [0.717, 1.165) is 23.5 Å². The monoisotopic (exact) mass is 447 g/mol. The number of aromatic nitrogens is 3. The van der Waals surface area contributed by atoms with E-state index in [1.165, 1.54) is 11.3 Å². The smallest absolute Gasteiger partial charge is 0.260 e. The molecule has 1 atom stereocenters. The quantitative estimate of drug-likeness (QED) is 0.621. The van der Waals surface area contributed by atoms with Crippen molar-refractivity contribution in [1.29, 1.82) is 0 Å². The fraction of sp³-hybridized carbons (Fsp3) is 0.300. The molecule has 1 N–H and O–H groups in total. The normalized spacial score (nSPS) is 16.2. The summed E-state index contributed by atoms with van der Waals surface area (Å²) < 4.78 is 37.8. The molecule has 11 heteroatoms. The van der Waals surface area contributed by atoms with Gasteiger partial charge >= 0.3 is 0 Å². The van der Waals surface area contributed by atoms with Crippen LogP contribution in [-0.2, 0) is 9.53 Å². The zero-order valence-corrected chi connectivity index (χ0v) is 17.4. The second-order valence-corrected chi connectivity index (χ2v) is 7.69. The Kier molecular flexibility index (Phi) is 6.33. The van der Waals surface area contributed by atoms with E-state index in [4.69, 9.17) is 9.47 Å². The lowest BCUT2D eigenvalue weighted by Gasteiger charge is -2.33. The number of anilines is 2. The van der Waals surface area contributed by atoms with Crippen LogP contribution in [0, 0.1) is 18.6 Å². The Morgan fingerprint density at radius 3 is 3.00 bits per heavy atom. The molecule has 0 bridgehead atoms. The molecule has 1 saturated heterocycles. The van der Waals surface area contributed by atoms with Crippen molar-refractivity contribution in [3.63, 3.8) is 0 Å². The predicted molar refractivity (Wildman–Crippen MR) is 109 cm³/mol. The third kappa shape index (κ3) is 5.30. The maximum atomic E-state index is 13.7. The summed E-state index contributed by atoms with van der Waals surface area (Å²) >= 11 is 1.38. The van der Waals surface area contributed by atoms with Crippen LogP contribution in [0.1, 0.15) is 17.5 Å². The van der Waals surface area contributed by atoms with Crippen LogP contribution in [0.4, 0.5) is 19.6 Å². The van der Waals surface area contributed by atoms with Crippen molar-refractivity contribution in [2.75, 3.05) is 31.6 Å². The molecule has 1 unspecified atom stereocenters. The summed E-state index contributed by atoms with van der Waals surface area (Å²) in [5.41, 5.74) is 3.88. The maximum absolute atomic E-state index is 13.7. The summed E-state index contributed by atoms with van der Waals surface area (Å²) in [6.45, 7) is 2.50. The van der Waals surface area contributed by atoms with Gasteiger partial charge in [0.2, 0.25) is 5.13 Å². The molecule has 162 valence electrons. The fourth-order valence-corrected chi connectivity index (χ4v) is 3.63. The molecule has 3 heterocycles. The van der Waals surface area contributed by atoms with Gasteiger partial charge in [-0.3, -0.25) is 9.78 Å². The summed E-state index contributed by atoms with van der Waals surface area (Å²) in [4.78, 5) is 18.7. The summed E-state index contributed by atoms with van der Waals surface area (Å²) in [5, 5.41) is 11.6. The van der Waals surface area contributed by atoms with Gasteiger partial charge in [0.05, 0.1) is 18.8 Å². The first-order valence-corrected chi connectivity index (χ1v) is 10.3. The Morgan fingerprint density at radius 1 is 1.35 bits per heavy atom. The highest BCUT2D eigenvalue weighted by atomic mass is 32.1. The number of aryl methyl sites for hydroxylation is 1. The standard InChI is InChI=1S/C20H19F2N5O3S/c1-12-6-14(25-20-26-23-11-31-20)8-16(24-12)18-9-27(4-5-29-18)19(28)10-30-17-3-2-13(21)7-15(17)22/h2-3,6-8,11,18H,4-5,9-10H2,1H3,(H,24,25,26). The molecule has 0 radical (unpaired) electrons. The Balaban J connectivity index is 1.41. The van der Waals surface area contributed by atoms with Crippen molar-refractivity contribution in [1.82, 2.24) is 20.1 Å². The van der Waals surface area contributed by atoms with Crippen LogP contribution in [-0.4, -0.2) is 52.3 Å². The van der Waals surface area contributed by atoms with Gasteiger partial charge in [0.25, 0.3) is 5.91 Å². The maximum Gasteiger partial charge on any atom is 0.260 e. The van der Waals surface area contributed by atoms with Crippen LogP contribution < -0.4 is 10.1 Å². The van der Waals surface area contributed by atoms with Gasteiger partial charge in [0, 0.05) is 24.0 Å². The van der Waals surface area contributed by atoms with E-state index >= 15 is 0 Å². The van der Waals surface area contributed by atoms with Gasteiger partial charge in [-0.15, -0.1) is 10.2 Å². The fourth-order valence-electron chi connectivity index (χ4n) is 3.16. The Hall–Kier alpha value is -3.18. The molecule has 0 saturated carbocycles. The molecule has 31 heavy (non-hydrogen) atoms. The van der Waals surface area contributed by atoms with Crippen molar-refractivity contribution in [3.8, 4) is 5.75 Å². The third-order valence-electron chi connectivity index (χ3n) is 4.58. The number of hydrogen-bond acceptors (Lipinski definition) is 8. The molecule has 1 amide bonds. The highest BCUT2D eigenvalue weighted by Gasteiger charge is 2.27. The van der Waals surface area contributed by atoms with Crippen molar-refractivity contribution in [2.45, 2.75) is 13.0 Å². The van der Waals surface area contributed by atoms with Gasteiger partial charge < -0.3 is 19.7 Å². The van der Waals surface area contributed by atoms with Gasteiger partial charge in [0.1, 0.15) is 17.4 Å². The lowest BCUT2D eigenvalue weighted by Crippen LogP contribution is -2.44. The minimum absolute atomic E-state index is 0.174. The van der Waals surface area contributed by atoms with Gasteiger partial charge in [0.15, 0.2) is 18.2 Å². The van der Waals surface area contributed by atoms with E-state index in [1.807, 2.05) is 19.1 Å². The summed E-state index contributed by atoms with van der Waals surface area (Å²) in [5.74, 6) is -2.06. The number of nitrogens with zero attached hydrogens (tertiary/aromatic N) is 4. The van der Waals surface area contributed by atoms with Crippen LogP contribution in [0.25, 0.3) is 0 Å². The number of amides is 1. The number of pyridine rings is 1. The van der Waals surface area contributed by atoms with Crippen LogP contribution >= 0.6 is 11.3 Å². The molecule has 1 fully saturated rings. The number of carbonyl (C=O) groups is 1. The highest BCUT2D eigenvalue weighted by molar-refractivity contribution is 7.13. The Bertz CT molecular complexity index is 1070. The zero-order valence-electron chi connectivity index (χ0n) is 16.5. The average molecular weight is 447 g/mol. The minimum atomic E-state index is -0.855. The highest BCUT2D eigenvalue weighted by Crippen LogP contribution is 2.26. The Morgan fingerprint density at radius 2 is 2.23 bits per heavy atom. The van der Waals surface area contributed by atoms with E-state index in [9.17, 15) is 13.6 Å². The molecule has 0 spiro atoms. The summed E-state index contributed by atoms with van der Waals surface area (Å²) in [7, 11) is 0. The average Bonchev–Trinajstić information content (AvgIpc) is 3.25. The van der Waals surface area contributed by atoms with Gasteiger partial charge in [-0.2, -0.15) is 0 Å². The number of benzene rings is 1. The minimum Gasteiger partial charge on any atom is -0.481 e. The zero-order chi connectivity index (χ0) is 21.8. The molecule has 2 aromatic heterocycles. The number of hydrogen-bond donors (Lipinski definition) is 1. The second-order valence-electron chi connectivity index (χ2n) is 6.85. The van der Waals surface area contributed by atoms with Gasteiger partial charge in [-0.25, -0.2) is 8.78 Å². The molecule has 8 nitrogen and oxygen atoms in total. The topological polar surface area (TPSA) is 89.5 Å². The first-order chi connectivity index (χ1) is 15.0. The number of ether oxygens (including phenoxy) is 2. The molecule has 1 aliphatic rings. The first-order valence-electron chi connectivity index (χ1n) is 9.47. The van der Waals surface area contributed by atoms with E-state index in [0.29, 0.717) is 30.0 Å². The second kappa shape index (κ2) is 9.31. The number of halogens is 2. The SMILES string of the molecule is Cc1cc(Nc2nncs2)cc(C2CN(C(=O)COc3ccc(F)cc3F)CCO2)n1. The van der Waals surface area contributed by atoms with Crippen molar-refractivity contribution < 1.29 is 23.0 Å². The van der Waals surface area contributed by atoms with Crippen LogP contribution in [0.2, 0.25) is 0 Å². The summed E-state index contributed by atoms with van der Waals surface area (Å²) in [6.07, 6.45) is -0.421. The number of nitrogens with one attached hydrogen (secondary N) is 1. The van der Waals surface area contributed by atoms with E-state index < -0.39 is 17.7 Å². The van der Waals surface area contributed by atoms with Crippen molar-refractivity contribution in [2.24, 2.45) is 0 Å². The lowest BCUT2D eigenvalue weighted by molar-refractivity contribution is -0.141. The molecule has 4 rings (SSSR count). The largest absolute Gasteiger partial charge is 0.481 e. The molecular weight excluding hydrogens is 428 g/mol. The van der Waals surface area contributed by atoms with Crippen LogP contribution in [0.15, 0.2) is 35.8 Å². The lowest BCUT2D eigenvalue weighted by atomic mass is 10.1. The molecule has 1 aromatic carbocycles. The van der Waals surface area contributed by atoms with Gasteiger partial charge in [-0.1, -0.05) is 11.3 Å². The van der Waals surface area contributed by atoms with Gasteiger partial charge in [-0.05, 0) is 31.2 Å². The number of morpholine rings is 1.